The highest BCUT2D eigenvalue weighted by Gasteiger charge is 2.30. The molecule has 4 rings (SSSR count). The number of urea groups is 1. The third-order valence-corrected chi connectivity index (χ3v) is 6.17. The number of nitrogens with one attached hydrogen (secondary N) is 1. The summed E-state index contributed by atoms with van der Waals surface area (Å²) < 4.78 is 41.7. The molecule has 0 spiro atoms. The molecule has 0 radical (unpaired) electrons. The Hall–Kier alpha value is -2.96. The number of carbonyl (C=O) groups excluding carboxylic acids is 1. The molecule has 2 amide bonds. The number of hydrogen-bond acceptors (Lipinski definition) is 7. The highest BCUT2D eigenvalue weighted by atomic mass is 32.1. The van der Waals surface area contributed by atoms with Gasteiger partial charge in [-0.2, -0.15) is 0 Å². The van der Waals surface area contributed by atoms with Gasteiger partial charge in [0.2, 0.25) is 0 Å². The molecule has 3 aromatic rings. The van der Waals surface area contributed by atoms with Crippen LogP contribution in [0.1, 0.15) is 18.6 Å². The molecule has 2 aromatic heterocycles. The Morgan fingerprint density at radius 2 is 2.00 bits per heavy atom. The zero-order chi connectivity index (χ0) is 23.0. The lowest BCUT2D eigenvalue weighted by atomic mass is 10.1. The Morgan fingerprint density at radius 3 is 2.69 bits per heavy atom. The van der Waals surface area contributed by atoms with Gasteiger partial charge in [0.05, 0.1) is 16.8 Å². The number of rotatable bonds is 4. The standard InChI is InChI=1S/C20H20F3N5O3S/c1-10-8-27(2-3-28(10)18-14(23)4-11(7-24-18)16(30)9-29)20(31)26-19-25-15-5-12(21)13(22)6-17(15)32-19/h4-7,10,16,29-30H,2-3,8-9H2,1H3,(H,25,26,31)/t10?,16-/m1/s1. The summed E-state index contributed by atoms with van der Waals surface area (Å²) in [6.07, 6.45) is 0.101. The zero-order valence-corrected chi connectivity index (χ0v) is 17.7. The van der Waals surface area contributed by atoms with Gasteiger partial charge in [0.1, 0.15) is 6.10 Å². The van der Waals surface area contributed by atoms with Crippen LogP contribution < -0.4 is 10.2 Å². The van der Waals surface area contributed by atoms with Crippen LogP contribution in [0.2, 0.25) is 0 Å². The second kappa shape index (κ2) is 8.88. The molecule has 1 fully saturated rings. The molecule has 1 aliphatic rings. The molecule has 32 heavy (non-hydrogen) atoms. The summed E-state index contributed by atoms with van der Waals surface area (Å²) in [6, 6.07) is 2.46. The predicted molar refractivity (Wildman–Crippen MR) is 113 cm³/mol. The van der Waals surface area contributed by atoms with Crippen LogP contribution in [0.3, 0.4) is 0 Å². The van der Waals surface area contributed by atoms with Crippen LogP contribution >= 0.6 is 11.3 Å². The minimum absolute atomic E-state index is 0.0988. The van der Waals surface area contributed by atoms with Crippen molar-refractivity contribution in [3.63, 3.8) is 0 Å². The molecule has 12 heteroatoms. The number of piperazine rings is 1. The van der Waals surface area contributed by atoms with Crippen LogP contribution in [0.25, 0.3) is 10.2 Å². The quantitative estimate of drug-likeness (QED) is 0.546. The van der Waals surface area contributed by atoms with Crippen LogP contribution in [-0.4, -0.2) is 63.4 Å². The van der Waals surface area contributed by atoms with Crippen molar-refractivity contribution in [1.82, 2.24) is 14.9 Å². The molecule has 1 saturated heterocycles. The van der Waals surface area contributed by atoms with Crippen LogP contribution in [0.15, 0.2) is 24.4 Å². The Kier molecular flexibility index (Phi) is 6.17. The van der Waals surface area contributed by atoms with Crippen molar-refractivity contribution in [3.05, 3.63) is 47.4 Å². The molecule has 1 aromatic carbocycles. The summed E-state index contributed by atoms with van der Waals surface area (Å²) in [5, 5.41) is 21.5. The van der Waals surface area contributed by atoms with Crippen LogP contribution in [0.5, 0.6) is 0 Å². The van der Waals surface area contributed by atoms with Gasteiger partial charge in [-0.15, -0.1) is 0 Å². The Bertz CT molecular complexity index is 1120. The fourth-order valence-corrected chi connectivity index (χ4v) is 4.41. The zero-order valence-electron chi connectivity index (χ0n) is 16.9. The van der Waals surface area contributed by atoms with E-state index in [1.807, 2.05) is 6.92 Å². The second-order valence-electron chi connectivity index (χ2n) is 7.44. The van der Waals surface area contributed by atoms with Crippen molar-refractivity contribution in [2.24, 2.45) is 0 Å². The molecule has 0 aliphatic carbocycles. The van der Waals surface area contributed by atoms with E-state index >= 15 is 0 Å². The number of aromatic nitrogens is 2. The largest absolute Gasteiger partial charge is 0.393 e. The molecule has 1 unspecified atom stereocenters. The minimum Gasteiger partial charge on any atom is -0.393 e. The van der Waals surface area contributed by atoms with E-state index in [9.17, 15) is 23.1 Å². The molecule has 1 aliphatic heterocycles. The number of aliphatic hydroxyl groups is 2. The van der Waals surface area contributed by atoms with Crippen molar-refractivity contribution in [1.29, 1.82) is 0 Å². The highest BCUT2D eigenvalue weighted by molar-refractivity contribution is 7.22. The average molecular weight is 467 g/mol. The first-order chi connectivity index (χ1) is 15.3. The molecular formula is C20H20F3N5O3S. The number of thiazole rings is 1. The number of nitrogens with zero attached hydrogens (tertiary/aromatic N) is 4. The first kappa shape index (κ1) is 22.2. The second-order valence-corrected chi connectivity index (χ2v) is 8.47. The molecule has 8 nitrogen and oxygen atoms in total. The Labute approximate surface area is 184 Å². The maximum Gasteiger partial charge on any atom is 0.323 e. The Morgan fingerprint density at radius 1 is 1.25 bits per heavy atom. The lowest BCUT2D eigenvalue weighted by Crippen LogP contribution is -2.55. The third-order valence-electron chi connectivity index (χ3n) is 5.23. The van der Waals surface area contributed by atoms with Crippen molar-refractivity contribution in [2.45, 2.75) is 19.1 Å². The average Bonchev–Trinajstić information content (AvgIpc) is 3.14. The number of fused-ring (bicyclic) bond motifs is 1. The minimum atomic E-state index is -1.21. The number of halogens is 3. The SMILES string of the molecule is CC1CN(C(=O)Nc2nc3cc(F)c(F)cc3s2)CCN1c1ncc([C@H](O)CO)cc1F. The van der Waals surface area contributed by atoms with Crippen molar-refractivity contribution in [2.75, 3.05) is 36.5 Å². The van der Waals surface area contributed by atoms with E-state index in [1.165, 1.54) is 11.1 Å². The van der Waals surface area contributed by atoms with E-state index in [1.54, 1.807) is 4.90 Å². The number of carbonyl (C=O) groups is 1. The first-order valence-corrected chi connectivity index (χ1v) is 10.6. The summed E-state index contributed by atoms with van der Waals surface area (Å²) >= 11 is 1.03. The van der Waals surface area contributed by atoms with E-state index in [4.69, 9.17) is 5.11 Å². The van der Waals surface area contributed by atoms with Crippen molar-refractivity contribution < 1.29 is 28.2 Å². The van der Waals surface area contributed by atoms with Gasteiger partial charge in [0.15, 0.2) is 28.4 Å². The maximum absolute atomic E-state index is 14.6. The molecule has 3 heterocycles. The van der Waals surface area contributed by atoms with Gasteiger partial charge in [-0.3, -0.25) is 5.32 Å². The lowest BCUT2D eigenvalue weighted by Gasteiger charge is -2.40. The molecular weight excluding hydrogens is 447 g/mol. The van der Waals surface area contributed by atoms with Gasteiger partial charge in [-0.05, 0) is 19.1 Å². The maximum atomic E-state index is 14.6. The van der Waals surface area contributed by atoms with E-state index < -0.39 is 36.2 Å². The summed E-state index contributed by atoms with van der Waals surface area (Å²) in [5.74, 6) is -2.52. The number of aliphatic hydroxyl groups excluding tert-OH is 2. The normalized spacial score (nSPS) is 17.6. The fourth-order valence-electron chi connectivity index (χ4n) is 3.55. The van der Waals surface area contributed by atoms with Gasteiger partial charge < -0.3 is 20.0 Å². The first-order valence-electron chi connectivity index (χ1n) is 9.79. The smallest absolute Gasteiger partial charge is 0.323 e. The number of amides is 2. The molecule has 0 saturated carbocycles. The summed E-state index contributed by atoms with van der Waals surface area (Å²) in [5.41, 5.74) is 0.425. The van der Waals surface area contributed by atoms with Crippen LogP contribution in [-0.2, 0) is 0 Å². The number of benzene rings is 1. The number of hydrogen-bond donors (Lipinski definition) is 3. The monoisotopic (exact) mass is 467 g/mol. The van der Waals surface area contributed by atoms with Gasteiger partial charge in [0.25, 0.3) is 0 Å². The Balaban J connectivity index is 1.42. The predicted octanol–water partition coefficient (Wildman–Crippen LogP) is 2.88. The number of anilines is 2. The third kappa shape index (κ3) is 4.33. The summed E-state index contributed by atoms with van der Waals surface area (Å²) in [7, 11) is 0. The molecule has 3 N–H and O–H groups in total. The molecule has 2 atom stereocenters. The highest BCUT2D eigenvalue weighted by Crippen LogP contribution is 2.29. The van der Waals surface area contributed by atoms with Crippen LogP contribution in [0, 0.1) is 17.5 Å². The number of pyridine rings is 1. The van der Waals surface area contributed by atoms with E-state index in [0.717, 1.165) is 29.5 Å². The van der Waals surface area contributed by atoms with Gasteiger partial charge >= 0.3 is 6.03 Å². The fraction of sp³-hybridized carbons (Fsp3) is 0.350. The van der Waals surface area contributed by atoms with E-state index in [0.29, 0.717) is 11.2 Å². The molecule has 0 bridgehead atoms. The molecule has 170 valence electrons. The van der Waals surface area contributed by atoms with E-state index in [-0.39, 0.29) is 41.2 Å². The van der Waals surface area contributed by atoms with Gasteiger partial charge in [0, 0.05) is 43.5 Å². The van der Waals surface area contributed by atoms with E-state index in [2.05, 4.69) is 15.3 Å². The van der Waals surface area contributed by atoms with Crippen molar-refractivity contribution >= 4 is 38.5 Å². The van der Waals surface area contributed by atoms with Gasteiger partial charge in [-0.1, -0.05) is 11.3 Å². The van der Waals surface area contributed by atoms with Crippen LogP contribution in [0.4, 0.5) is 28.9 Å². The van der Waals surface area contributed by atoms with Crippen molar-refractivity contribution in [3.8, 4) is 0 Å². The van der Waals surface area contributed by atoms with Gasteiger partial charge in [-0.25, -0.2) is 27.9 Å². The lowest BCUT2D eigenvalue weighted by molar-refractivity contribution is 0.0951. The topological polar surface area (TPSA) is 102 Å². The summed E-state index contributed by atoms with van der Waals surface area (Å²) in [6.45, 7) is 2.16. The summed E-state index contributed by atoms with van der Waals surface area (Å²) in [4.78, 5) is 24.1.